The highest BCUT2D eigenvalue weighted by molar-refractivity contribution is 5.37. The van der Waals surface area contributed by atoms with Crippen LogP contribution in [0.4, 0.5) is 0 Å². The molecule has 0 bridgehead atoms. The summed E-state index contributed by atoms with van der Waals surface area (Å²) in [4.78, 5) is 0. The minimum Gasteiger partial charge on any atom is -0.496 e. The van der Waals surface area contributed by atoms with Crippen molar-refractivity contribution < 1.29 is 9.47 Å². The van der Waals surface area contributed by atoms with Crippen molar-refractivity contribution in [2.75, 3.05) is 13.7 Å². The molecule has 1 fully saturated rings. The third-order valence-electron chi connectivity index (χ3n) is 3.67. The first kappa shape index (κ1) is 13.4. The lowest BCUT2D eigenvalue weighted by atomic mass is 10.1. The van der Waals surface area contributed by atoms with Crippen molar-refractivity contribution in [1.82, 2.24) is 0 Å². The van der Waals surface area contributed by atoms with Crippen LogP contribution in [0.1, 0.15) is 36.8 Å². The first-order valence-electron chi connectivity index (χ1n) is 6.77. The van der Waals surface area contributed by atoms with Gasteiger partial charge < -0.3 is 15.2 Å². The van der Waals surface area contributed by atoms with Gasteiger partial charge in [0.1, 0.15) is 5.75 Å². The van der Waals surface area contributed by atoms with E-state index in [1.165, 1.54) is 25.7 Å². The van der Waals surface area contributed by atoms with Gasteiger partial charge in [0.05, 0.1) is 13.7 Å². The van der Waals surface area contributed by atoms with E-state index in [0.29, 0.717) is 13.2 Å². The van der Waals surface area contributed by atoms with Crippen LogP contribution in [0, 0.1) is 5.92 Å². The molecule has 3 heteroatoms. The summed E-state index contributed by atoms with van der Waals surface area (Å²) in [6.07, 6.45) is 5.39. The Bertz CT molecular complexity index is 373. The van der Waals surface area contributed by atoms with Gasteiger partial charge in [0.2, 0.25) is 0 Å². The molecule has 1 aromatic rings. The fourth-order valence-corrected chi connectivity index (χ4v) is 2.57. The molecule has 1 aliphatic rings. The zero-order valence-electron chi connectivity index (χ0n) is 11.2. The molecule has 2 rings (SSSR count). The smallest absolute Gasteiger partial charge is 0.123 e. The molecule has 0 radical (unpaired) electrons. The Morgan fingerprint density at radius 1 is 1.28 bits per heavy atom. The van der Waals surface area contributed by atoms with Crippen molar-refractivity contribution in [1.29, 1.82) is 0 Å². The predicted molar refractivity (Wildman–Crippen MR) is 72.5 cm³/mol. The van der Waals surface area contributed by atoms with Gasteiger partial charge in [0, 0.05) is 18.7 Å². The molecule has 100 valence electrons. The van der Waals surface area contributed by atoms with Gasteiger partial charge in [-0.15, -0.1) is 0 Å². The van der Waals surface area contributed by atoms with E-state index in [1.807, 2.05) is 12.1 Å². The fourth-order valence-electron chi connectivity index (χ4n) is 2.57. The second-order valence-corrected chi connectivity index (χ2v) is 5.02. The molecule has 3 nitrogen and oxygen atoms in total. The zero-order valence-corrected chi connectivity index (χ0v) is 11.2. The summed E-state index contributed by atoms with van der Waals surface area (Å²) < 4.78 is 11.1. The van der Waals surface area contributed by atoms with E-state index in [0.717, 1.165) is 29.4 Å². The highest BCUT2D eigenvalue weighted by Gasteiger charge is 2.14. The maximum Gasteiger partial charge on any atom is 0.123 e. The molecular weight excluding hydrogens is 226 g/mol. The van der Waals surface area contributed by atoms with Crippen LogP contribution in [0.3, 0.4) is 0 Å². The Hall–Kier alpha value is -1.06. The Morgan fingerprint density at radius 3 is 2.72 bits per heavy atom. The van der Waals surface area contributed by atoms with Crippen LogP contribution in [0.5, 0.6) is 5.75 Å². The van der Waals surface area contributed by atoms with Gasteiger partial charge >= 0.3 is 0 Å². The van der Waals surface area contributed by atoms with Crippen LogP contribution < -0.4 is 10.5 Å². The van der Waals surface area contributed by atoms with Crippen LogP contribution in [0.25, 0.3) is 0 Å². The quantitative estimate of drug-likeness (QED) is 0.843. The van der Waals surface area contributed by atoms with Crippen molar-refractivity contribution in [3.05, 3.63) is 29.3 Å². The highest BCUT2D eigenvalue weighted by atomic mass is 16.5. The van der Waals surface area contributed by atoms with Crippen LogP contribution in [0.2, 0.25) is 0 Å². The highest BCUT2D eigenvalue weighted by Crippen LogP contribution is 2.25. The van der Waals surface area contributed by atoms with E-state index in [2.05, 4.69) is 6.07 Å². The maximum absolute atomic E-state index is 5.79. The summed E-state index contributed by atoms with van der Waals surface area (Å²) in [5.74, 6) is 1.63. The van der Waals surface area contributed by atoms with E-state index >= 15 is 0 Å². The molecule has 0 atom stereocenters. The summed E-state index contributed by atoms with van der Waals surface area (Å²) in [5, 5.41) is 0. The molecule has 1 saturated carbocycles. The van der Waals surface area contributed by atoms with Crippen LogP contribution in [0.15, 0.2) is 18.2 Å². The summed E-state index contributed by atoms with van der Waals surface area (Å²) in [6.45, 7) is 2.06. The Kier molecular flexibility index (Phi) is 5.02. The summed E-state index contributed by atoms with van der Waals surface area (Å²) in [7, 11) is 1.68. The molecule has 0 saturated heterocycles. The molecule has 1 aromatic carbocycles. The SMILES string of the molecule is COc1cc(COCC2CCCC2)ccc1CN. The molecule has 0 unspecified atom stereocenters. The van der Waals surface area contributed by atoms with E-state index in [4.69, 9.17) is 15.2 Å². The normalized spacial score (nSPS) is 16.1. The lowest BCUT2D eigenvalue weighted by Gasteiger charge is -2.12. The summed E-state index contributed by atoms with van der Waals surface area (Å²) in [6, 6.07) is 6.11. The standard InChI is InChI=1S/C15H23NO2/c1-17-15-8-13(6-7-14(15)9-16)11-18-10-12-4-2-3-5-12/h6-8,12H,2-5,9-11,16H2,1H3. The largest absolute Gasteiger partial charge is 0.496 e. The van der Waals surface area contributed by atoms with Gasteiger partial charge in [0.15, 0.2) is 0 Å². The summed E-state index contributed by atoms with van der Waals surface area (Å²) in [5.41, 5.74) is 7.84. The number of benzene rings is 1. The molecule has 1 aliphatic carbocycles. The molecule has 0 aromatic heterocycles. The summed E-state index contributed by atoms with van der Waals surface area (Å²) >= 11 is 0. The van der Waals surface area contributed by atoms with Crippen molar-refractivity contribution in [2.24, 2.45) is 11.7 Å². The van der Waals surface area contributed by atoms with Crippen molar-refractivity contribution in [3.8, 4) is 5.75 Å². The van der Waals surface area contributed by atoms with Gasteiger partial charge in [-0.25, -0.2) is 0 Å². The minimum atomic E-state index is 0.506. The molecule has 0 heterocycles. The van der Waals surface area contributed by atoms with E-state index in [1.54, 1.807) is 7.11 Å². The Balaban J connectivity index is 1.84. The van der Waals surface area contributed by atoms with Crippen LogP contribution in [-0.4, -0.2) is 13.7 Å². The number of ether oxygens (including phenoxy) is 2. The van der Waals surface area contributed by atoms with Gasteiger partial charge in [-0.05, 0) is 30.4 Å². The molecule has 0 spiro atoms. The average Bonchev–Trinajstić information content (AvgIpc) is 2.91. The van der Waals surface area contributed by atoms with E-state index < -0.39 is 0 Å². The van der Waals surface area contributed by atoms with Crippen molar-refractivity contribution in [2.45, 2.75) is 38.8 Å². The van der Waals surface area contributed by atoms with Crippen molar-refractivity contribution in [3.63, 3.8) is 0 Å². The maximum atomic E-state index is 5.79. The van der Waals surface area contributed by atoms with Gasteiger partial charge in [-0.1, -0.05) is 25.0 Å². The number of nitrogens with two attached hydrogens (primary N) is 1. The zero-order chi connectivity index (χ0) is 12.8. The second kappa shape index (κ2) is 6.76. The average molecular weight is 249 g/mol. The van der Waals surface area contributed by atoms with E-state index in [-0.39, 0.29) is 0 Å². The third kappa shape index (κ3) is 3.47. The third-order valence-corrected chi connectivity index (χ3v) is 3.67. The molecule has 18 heavy (non-hydrogen) atoms. The molecular formula is C15H23NO2. The monoisotopic (exact) mass is 249 g/mol. The van der Waals surface area contributed by atoms with Crippen molar-refractivity contribution >= 4 is 0 Å². The van der Waals surface area contributed by atoms with Crippen LogP contribution >= 0.6 is 0 Å². The van der Waals surface area contributed by atoms with Crippen LogP contribution in [-0.2, 0) is 17.9 Å². The Labute approximate surface area is 109 Å². The lowest BCUT2D eigenvalue weighted by molar-refractivity contribution is 0.0887. The molecule has 2 N–H and O–H groups in total. The first-order valence-corrected chi connectivity index (χ1v) is 6.77. The predicted octanol–water partition coefficient (Wildman–Crippen LogP) is 2.86. The number of methoxy groups -OCH3 is 1. The van der Waals surface area contributed by atoms with Gasteiger partial charge in [-0.2, -0.15) is 0 Å². The second-order valence-electron chi connectivity index (χ2n) is 5.02. The number of hydrogen-bond acceptors (Lipinski definition) is 3. The number of rotatable bonds is 6. The van der Waals surface area contributed by atoms with E-state index in [9.17, 15) is 0 Å². The minimum absolute atomic E-state index is 0.506. The fraction of sp³-hybridized carbons (Fsp3) is 0.600. The molecule has 0 amide bonds. The Morgan fingerprint density at radius 2 is 2.06 bits per heavy atom. The number of hydrogen-bond donors (Lipinski definition) is 1. The first-order chi connectivity index (χ1) is 8.83. The lowest BCUT2D eigenvalue weighted by Crippen LogP contribution is -2.06. The topological polar surface area (TPSA) is 44.5 Å². The van der Waals surface area contributed by atoms with Gasteiger partial charge in [0.25, 0.3) is 0 Å². The van der Waals surface area contributed by atoms with Gasteiger partial charge in [-0.3, -0.25) is 0 Å². The molecule has 0 aliphatic heterocycles.